The van der Waals surface area contributed by atoms with Crippen molar-refractivity contribution in [2.75, 3.05) is 7.11 Å². The average Bonchev–Trinajstić information content (AvgIpc) is 2.38. The molecular weight excluding hydrogens is 214 g/mol. The van der Waals surface area contributed by atoms with Crippen LogP contribution in [0.5, 0.6) is 0 Å². The maximum Gasteiger partial charge on any atom is 0.312 e. The van der Waals surface area contributed by atoms with Gasteiger partial charge in [0.2, 0.25) is 0 Å². The van der Waals surface area contributed by atoms with Gasteiger partial charge in [0.05, 0.1) is 12.5 Å². The van der Waals surface area contributed by atoms with Crippen molar-refractivity contribution in [1.29, 1.82) is 0 Å². The first-order valence-electron chi connectivity index (χ1n) is 7.03. The minimum atomic E-state index is -0.203. The van der Waals surface area contributed by atoms with Gasteiger partial charge >= 0.3 is 5.97 Å². The van der Waals surface area contributed by atoms with E-state index >= 15 is 0 Å². The molecular formula is C14H25NO2. The molecule has 0 aromatic carbocycles. The quantitative estimate of drug-likeness (QED) is 0.754. The van der Waals surface area contributed by atoms with Crippen LogP contribution in [0.3, 0.4) is 0 Å². The van der Waals surface area contributed by atoms with Crippen molar-refractivity contribution in [3.63, 3.8) is 0 Å². The zero-order chi connectivity index (χ0) is 12.3. The Balaban J connectivity index is 2.16. The molecule has 2 rings (SSSR count). The van der Waals surface area contributed by atoms with Crippen molar-refractivity contribution in [2.45, 2.75) is 63.8 Å². The molecule has 98 valence electrons. The van der Waals surface area contributed by atoms with E-state index < -0.39 is 0 Å². The van der Waals surface area contributed by atoms with Gasteiger partial charge in [-0.3, -0.25) is 4.79 Å². The van der Waals surface area contributed by atoms with Crippen molar-refractivity contribution in [3.8, 4) is 0 Å². The van der Waals surface area contributed by atoms with Gasteiger partial charge in [-0.25, -0.2) is 0 Å². The second kappa shape index (κ2) is 5.38. The number of methoxy groups -OCH3 is 1. The molecule has 2 atom stereocenters. The first-order valence-corrected chi connectivity index (χ1v) is 7.03. The van der Waals surface area contributed by atoms with Crippen LogP contribution in [0.2, 0.25) is 0 Å². The molecule has 17 heavy (non-hydrogen) atoms. The minimum Gasteiger partial charge on any atom is -0.469 e. The number of carbonyl (C=O) groups is 1. The molecule has 2 saturated carbocycles. The SMILES string of the molecule is COC(=O)C1(C2CCCC(N)C2)CCCCC1. The van der Waals surface area contributed by atoms with E-state index in [2.05, 4.69) is 0 Å². The summed E-state index contributed by atoms with van der Waals surface area (Å²) in [5, 5.41) is 0. The van der Waals surface area contributed by atoms with Crippen LogP contribution in [0.1, 0.15) is 57.8 Å². The summed E-state index contributed by atoms with van der Waals surface area (Å²) >= 11 is 0. The van der Waals surface area contributed by atoms with Crippen LogP contribution < -0.4 is 5.73 Å². The van der Waals surface area contributed by atoms with Gasteiger partial charge in [0.15, 0.2) is 0 Å². The number of rotatable bonds is 2. The second-order valence-electron chi connectivity index (χ2n) is 5.83. The lowest BCUT2D eigenvalue weighted by molar-refractivity contribution is -0.160. The Bertz CT molecular complexity index is 271. The Labute approximate surface area is 104 Å². The number of esters is 1. The van der Waals surface area contributed by atoms with Crippen LogP contribution in [-0.4, -0.2) is 19.1 Å². The maximum absolute atomic E-state index is 12.2. The van der Waals surface area contributed by atoms with Crippen LogP contribution in [0, 0.1) is 11.3 Å². The van der Waals surface area contributed by atoms with Crippen molar-refractivity contribution in [2.24, 2.45) is 17.1 Å². The highest BCUT2D eigenvalue weighted by atomic mass is 16.5. The fourth-order valence-corrected chi connectivity index (χ4v) is 3.89. The summed E-state index contributed by atoms with van der Waals surface area (Å²) in [5.74, 6) is 0.482. The molecule has 3 heteroatoms. The Morgan fingerprint density at radius 2 is 1.88 bits per heavy atom. The van der Waals surface area contributed by atoms with E-state index in [1.54, 1.807) is 0 Å². The average molecular weight is 239 g/mol. The molecule has 0 amide bonds. The Morgan fingerprint density at radius 1 is 1.18 bits per heavy atom. The molecule has 2 N–H and O–H groups in total. The molecule has 0 aliphatic heterocycles. The van der Waals surface area contributed by atoms with E-state index in [1.807, 2.05) is 0 Å². The third-order valence-electron chi connectivity index (χ3n) is 4.83. The van der Waals surface area contributed by atoms with E-state index in [0.29, 0.717) is 5.92 Å². The first kappa shape index (κ1) is 12.9. The molecule has 2 aliphatic carbocycles. The van der Waals surface area contributed by atoms with Crippen molar-refractivity contribution >= 4 is 5.97 Å². The van der Waals surface area contributed by atoms with Gasteiger partial charge in [-0.15, -0.1) is 0 Å². The number of carbonyl (C=O) groups excluding carboxylic acids is 1. The summed E-state index contributed by atoms with van der Waals surface area (Å²) in [5.41, 5.74) is 5.88. The molecule has 0 aromatic rings. The number of hydrogen-bond donors (Lipinski definition) is 1. The Hall–Kier alpha value is -0.570. The van der Waals surface area contributed by atoms with Gasteiger partial charge in [0, 0.05) is 6.04 Å². The third-order valence-corrected chi connectivity index (χ3v) is 4.83. The molecule has 0 spiro atoms. The molecule has 3 nitrogen and oxygen atoms in total. The highest BCUT2D eigenvalue weighted by molar-refractivity contribution is 5.77. The number of ether oxygens (including phenoxy) is 1. The van der Waals surface area contributed by atoms with E-state index in [9.17, 15) is 4.79 Å². The normalized spacial score (nSPS) is 33.1. The summed E-state index contributed by atoms with van der Waals surface area (Å²) in [7, 11) is 1.53. The van der Waals surface area contributed by atoms with E-state index in [-0.39, 0.29) is 17.4 Å². The monoisotopic (exact) mass is 239 g/mol. The van der Waals surface area contributed by atoms with Gasteiger partial charge in [0.1, 0.15) is 0 Å². The van der Waals surface area contributed by atoms with Crippen LogP contribution in [0.4, 0.5) is 0 Å². The largest absolute Gasteiger partial charge is 0.469 e. The number of hydrogen-bond acceptors (Lipinski definition) is 3. The smallest absolute Gasteiger partial charge is 0.312 e. The van der Waals surface area contributed by atoms with Gasteiger partial charge in [0.25, 0.3) is 0 Å². The number of nitrogens with two attached hydrogens (primary N) is 1. The topological polar surface area (TPSA) is 52.3 Å². The molecule has 0 bridgehead atoms. The predicted octanol–water partition coefficient (Wildman–Crippen LogP) is 2.63. The predicted molar refractivity (Wildman–Crippen MR) is 67.5 cm³/mol. The molecule has 0 heterocycles. The van der Waals surface area contributed by atoms with Crippen LogP contribution in [0.25, 0.3) is 0 Å². The molecule has 2 unspecified atom stereocenters. The van der Waals surface area contributed by atoms with Crippen molar-refractivity contribution < 1.29 is 9.53 Å². The minimum absolute atomic E-state index is 0.0244. The standard InChI is InChI=1S/C14H25NO2/c1-17-13(16)14(8-3-2-4-9-14)11-6-5-7-12(15)10-11/h11-12H,2-10,15H2,1H3. The lowest BCUT2D eigenvalue weighted by atomic mass is 9.61. The maximum atomic E-state index is 12.2. The molecule has 0 radical (unpaired) electrons. The summed E-state index contributed by atoms with van der Waals surface area (Å²) in [6.07, 6.45) is 10.1. The van der Waals surface area contributed by atoms with Gasteiger partial charge in [-0.2, -0.15) is 0 Å². The zero-order valence-corrected chi connectivity index (χ0v) is 10.9. The van der Waals surface area contributed by atoms with E-state index in [4.69, 9.17) is 10.5 Å². The molecule has 0 saturated heterocycles. The molecule has 2 fully saturated rings. The van der Waals surface area contributed by atoms with E-state index in [1.165, 1.54) is 32.8 Å². The van der Waals surface area contributed by atoms with Gasteiger partial charge in [-0.05, 0) is 38.0 Å². The lowest BCUT2D eigenvalue weighted by Gasteiger charge is -2.44. The Morgan fingerprint density at radius 3 is 2.47 bits per heavy atom. The van der Waals surface area contributed by atoms with Gasteiger partial charge < -0.3 is 10.5 Å². The van der Waals surface area contributed by atoms with Gasteiger partial charge in [-0.1, -0.05) is 25.7 Å². The Kier molecular flexibility index (Phi) is 4.08. The summed E-state index contributed by atoms with van der Waals surface area (Å²) < 4.78 is 5.10. The van der Waals surface area contributed by atoms with Crippen LogP contribution in [-0.2, 0) is 9.53 Å². The summed E-state index contributed by atoms with van der Waals surface area (Å²) in [6, 6.07) is 0.289. The lowest BCUT2D eigenvalue weighted by Crippen LogP contribution is -2.45. The summed E-state index contributed by atoms with van der Waals surface area (Å²) in [4.78, 5) is 12.2. The van der Waals surface area contributed by atoms with Crippen LogP contribution in [0.15, 0.2) is 0 Å². The van der Waals surface area contributed by atoms with Crippen molar-refractivity contribution in [1.82, 2.24) is 0 Å². The van der Waals surface area contributed by atoms with Crippen molar-refractivity contribution in [3.05, 3.63) is 0 Å². The summed E-state index contributed by atoms with van der Waals surface area (Å²) in [6.45, 7) is 0. The van der Waals surface area contributed by atoms with Crippen LogP contribution >= 0.6 is 0 Å². The fraction of sp³-hybridized carbons (Fsp3) is 0.929. The highest BCUT2D eigenvalue weighted by Gasteiger charge is 2.47. The first-order chi connectivity index (χ1) is 8.19. The second-order valence-corrected chi connectivity index (χ2v) is 5.83. The molecule has 2 aliphatic rings. The molecule has 0 aromatic heterocycles. The third kappa shape index (κ3) is 2.49. The van der Waals surface area contributed by atoms with E-state index in [0.717, 1.165) is 32.1 Å². The highest BCUT2D eigenvalue weighted by Crippen LogP contribution is 2.48. The fourth-order valence-electron chi connectivity index (χ4n) is 3.89. The zero-order valence-electron chi connectivity index (χ0n) is 10.9.